The maximum Gasteiger partial charge on any atom is 0.407 e. The molecule has 0 fully saturated rings. The normalized spacial score (nSPS) is 10.7. The van der Waals surface area contributed by atoms with Gasteiger partial charge in [-0.2, -0.15) is 5.10 Å². The van der Waals surface area contributed by atoms with E-state index < -0.39 is 11.7 Å². The summed E-state index contributed by atoms with van der Waals surface area (Å²) in [6.07, 6.45) is 7.06. The van der Waals surface area contributed by atoms with Crippen LogP contribution in [0, 0.1) is 12.3 Å². The molecular weight excluding hydrogens is 394 g/mol. The summed E-state index contributed by atoms with van der Waals surface area (Å²) >= 11 is 0. The molecule has 0 radical (unpaired) electrons. The fourth-order valence-electron chi connectivity index (χ4n) is 2.87. The van der Waals surface area contributed by atoms with E-state index in [0.717, 1.165) is 17.1 Å². The van der Waals surface area contributed by atoms with E-state index in [1.165, 1.54) is 0 Å². The first-order chi connectivity index (χ1) is 14.6. The number of nitrogens with zero attached hydrogens (tertiary/aromatic N) is 3. The molecule has 2 aromatic rings. The topological polar surface area (TPSA) is 88.5 Å². The fraction of sp³-hybridized carbons (Fsp3) is 0.348. The molecule has 2 amide bonds. The summed E-state index contributed by atoms with van der Waals surface area (Å²) in [5, 5.41) is 9.70. The first kappa shape index (κ1) is 23.5. The predicted octanol–water partition coefficient (Wildman–Crippen LogP) is 3.18. The Balaban J connectivity index is 2.27. The van der Waals surface area contributed by atoms with Gasteiger partial charge in [0.05, 0.1) is 18.4 Å². The van der Waals surface area contributed by atoms with E-state index >= 15 is 0 Å². The number of alkyl carbamates (subject to hydrolysis) is 1. The number of terminal acetylenes is 1. The van der Waals surface area contributed by atoms with Gasteiger partial charge in [0.25, 0.3) is 5.91 Å². The number of ether oxygens (including phenoxy) is 1. The lowest BCUT2D eigenvalue weighted by atomic mass is 10.1. The van der Waals surface area contributed by atoms with Crippen LogP contribution in [0.5, 0.6) is 0 Å². The van der Waals surface area contributed by atoms with Crippen molar-refractivity contribution < 1.29 is 14.3 Å². The number of amides is 2. The first-order valence-electron chi connectivity index (χ1n) is 9.78. The van der Waals surface area contributed by atoms with Gasteiger partial charge in [-0.25, -0.2) is 9.48 Å². The second-order valence-corrected chi connectivity index (χ2v) is 7.89. The molecule has 0 bridgehead atoms. The van der Waals surface area contributed by atoms with Gasteiger partial charge >= 0.3 is 6.09 Å². The minimum atomic E-state index is -0.594. The van der Waals surface area contributed by atoms with Crippen LogP contribution in [0.4, 0.5) is 16.3 Å². The summed E-state index contributed by atoms with van der Waals surface area (Å²) in [5.41, 5.74) is 2.17. The number of benzene rings is 1. The minimum absolute atomic E-state index is 0.141. The number of anilines is 2. The van der Waals surface area contributed by atoms with Crippen LogP contribution in [-0.4, -0.2) is 48.0 Å². The molecule has 0 atom stereocenters. The van der Waals surface area contributed by atoms with E-state index in [1.54, 1.807) is 50.8 Å². The Hall–Kier alpha value is -3.73. The van der Waals surface area contributed by atoms with Crippen LogP contribution < -0.4 is 15.5 Å². The second-order valence-electron chi connectivity index (χ2n) is 7.89. The molecule has 164 valence electrons. The molecule has 2 rings (SSSR count). The Labute approximate surface area is 183 Å². The zero-order valence-electron chi connectivity index (χ0n) is 18.7. The van der Waals surface area contributed by atoms with E-state index in [0.29, 0.717) is 17.7 Å². The Kier molecular flexibility index (Phi) is 7.48. The van der Waals surface area contributed by atoms with Crippen molar-refractivity contribution in [2.24, 2.45) is 0 Å². The van der Waals surface area contributed by atoms with Gasteiger partial charge < -0.3 is 20.3 Å². The number of carbonyl (C=O) groups excluding carboxylic acids is 2. The quantitative estimate of drug-likeness (QED) is 0.668. The van der Waals surface area contributed by atoms with Crippen molar-refractivity contribution >= 4 is 29.2 Å². The Morgan fingerprint density at radius 1 is 1.29 bits per heavy atom. The van der Waals surface area contributed by atoms with Gasteiger partial charge in [-0.15, -0.1) is 12.3 Å². The van der Waals surface area contributed by atoms with Gasteiger partial charge in [0.1, 0.15) is 11.4 Å². The second kappa shape index (κ2) is 9.85. The van der Waals surface area contributed by atoms with Gasteiger partial charge in [0.15, 0.2) is 0 Å². The van der Waals surface area contributed by atoms with Crippen molar-refractivity contribution in [1.82, 2.24) is 20.4 Å². The van der Waals surface area contributed by atoms with Gasteiger partial charge in [-0.05, 0) is 45.0 Å². The molecule has 0 unspecified atom stereocenters. The standard InChI is InChI=1S/C23H29N5O3/c1-8-9-18-15-26-28(16(2)14-25-22(30)31-23(3,4)5)21(18)27(7)19-12-10-17(11-13-19)20(29)24-6/h1,10-13,15H,2,9,14H2,3-7H3,(H,24,29)(H,25,30). The van der Waals surface area contributed by atoms with Crippen molar-refractivity contribution in [2.45, 2.75) is 32.8 Å². The SMILES string of the molecule is C#CCc1cnn(C(=C)CNC(=O)OC(C)(C)C)c1N(C)c1ccc(C(=O)NC)cc1. The van der Waals surface area contributed by atoms with Crippen LogP contribution >= 0.6 is 0 Å². The molecule has 0 aliphatic rings. The maximum atomic E-state index is 12.0. The average molecular weight is 424 g/mol. The van der Waals surface area contributed by atoms with Crippen molar-refractivity contribution in [1.29, 1.82) is 0 Å². The smallest absolute Gasteiger partial charge is 0.407 e. The predicted molar refractivity (Wildman–Crippen MR) is 122 cm³/mol. The zero-order valence-corrected chi connectivity index (χ0v) is 18.7. The van der Waals surface area contributed by atoms with Crippen LogP contribution in [0.25, 0.3) is 5.70 Å². The number of hydrogen-bond acceptors (Lipinski definition) is 5. The summed E-state index contributed by atoms with van der Waals surface area (Å²) in [5.74, 6) is 3.20. The minimum Gasteiger partial charge on any atom is -0.444 e. The van der Waals surface area contributed by atoms with Crippen LogP contribution in [-0.2, 0) is 11.2 Å². The Bertz CT molecular complexity index is 994. The summed E-state index contributed by atoms with van der Waals surface area (Å²) in [7, 11) is 3.46. The number of hydrogen-bond donors (Lipinski definition) is 2. The highest BCUT2D eigenvalue weighted by molar-refractivity contribution is 5.94. The summed E-state index contributed by atoms with van der Waals surface area (Å²) in [6, 6.07) is 7.16. The number of aromatic nitrogens is 2. The van der Waals surface area contributed by atoms with Gasteiger partial charge in [-0.1, -0.05) is 6.58 Å². The van der Waals surface area contributed by atoms with Crippen molar-refractivity contribution in [2.75, 3.05) is 25.5 Å². The molecule has 1 aromatic heterocycles. The lowest BCUT2D eigenvalue weighted by Crippen LogP contribution is -2.34. The molecule has 0 saturated heterocycles. The molecule has 31 heavy (non-hydrogen) atoms. The van der Waals surface area contributed by atoms with E-state index in [1.807, 2.05) is 24.1 Å². The largest absolute Gasteiger partial charge is 0.444 e. The summed E-state index contributed by atoms with van der Waals surface area (Å²) in [4.78, 5) is 25.7. The lowest BCUT2D eigenvalue weighted by Gasteiger charge is -2.24. The van der Waals surface area contributed by atoms with E-state index in [4.69, 9.17) is 11.2 Å². The number of nitrogens with one attached hydrogen (secondary N) is 2. The molecule has 0 aliphatic heterocycles. The Morgan fingerprint density at radius 3 is 2.48 bits per heavy atom. The van der Waals surface area contributed by atoms with E-state index in [-0.39, 0.29) is 12.5 Å². The Morgan fingerprint density at radius 2 is 1.94 bits per heavy atom. The number of carbonyl (C=O) groups is 2. The maximum absolute atomic E-state index is 12.0. The van der Waals surface area contributed by atoms with Crippen LogP contribution in [0.1, 0.15) is 36.7 Å². The molecule has 0 saturated carbocycles. The van der Waals surface area contributed by atoms with Gasteiger partial charge in [0.2, 0.25) is 0 Å². The van der Waals surface area contributed by atoms with Crippen LogP contribution in [0.15, 0.2) is 37.0 Å². The zero-order chi connectivity index (χ0) is 23.2. The molecule has 0 spiro atoms. The summed E-state index contributed by atoms with van der Waals surface area (Å²) < 4.78 is 6.90. The van der Waals surface area contributed by atoms with Gasteiger partial charge in [0, 0.05) is 37.3 Å². The summed E-state index contributed by atoms with van der Waals surface area (Å²) in [6.45, 7) is 9.58. The molecule has 1 heterocycles. The average Bonchev–Trinajstić information content (AvgIpc) is 3.13. The van der Waals surface area contributed by atoms with Gasteiger partial charge in [-0.3, -0.25) is 4.79 Å². The molecule has 1 aromatic carbocycles. The third-order valence-electron chi connectivity index (χ3n) is 4.31. The highest BCUT2D eigenvalue weighted by Gasteiger charge is 2.20. The monoisotopic (exact) mass is 423 g/mol. The van der Waals surface area contributed by atoms with Crippen LogP contribution in [0.2, 0.25) is 0 Å². The fourth-order valence-corrected chi connectivity index (χ4v) is 2.87. The molecule has 8 heteroatoms. The number of rotatable bonds is 7. The third-order valence-corrected chi connectivity index (χ3v) is 4.31. The molecule has 0 aliphatic carbocycles. The highest BCUT2D eigenvalue weighted by Crippen LogP contribution is 2.29. The highest BCUT2D eigenvalue weighted by atomic mass is 16.6. The first-order valence-corrected chi connectivity index (χ1v) is 9.78. The van der Waals surface area contributed by atoms with Crippen molar-refractivity contribution in [3.8, 4) is 12.3 Å². The van der Waals surface area contributed by atoms with Crippen molar-refractivity contribution in [3.63, 3.8) is 0 Å². The lowest BCUT2D eigenvalue weighted by molar-refractivity contribution is 0.0534. The van der Waals surface area contributed by atoms with Crippen LogP contribution in [0.3, 0.4) is 0 Å². The molecular formula is C23H29N5O3. The molecule has 2 N–H and O–H groups in total. The van der Waals surface area contributed by atoms with Crippen molar-refractivity contribution in [3.05, 3.63) is 48.2 Å². The third kappa shape index (κ3) is 6.12. The van der Waals surface area contributed by atoms with E-state index in [9.17, 15) is 9.59 Å². The van der Waals surface area contributed by atoms with E-state index in [2.05, 4.69) is 28.2 Å². The molecule has 8 nitrogen and oxygen atoms in total.